The molecule has 2 heteroatoms. The van der Waals surface area contributed by atoms with Crippen molar-refractivity contribution in [2.45, 2.75) is 26.3 Å². The maximum absolute atomic E-state index is 10.4. The molecule has 1 aromatic rings. The van der Waals surface area contributed by atoms with Crippen LogP contribution in [0.5, 0.6) is 0 Å². The summed E-state index contributed by atoms with van der Waals surface area (Å²) in [6.07, 6.45) is 7.08. The van der Waals surface area contributed by atoms with E-state index in [0.717, 1.165) is 24.8 Å². The Morgan fingerprint density at radius 3 is 3.08 bits per heavy atom. The number of hydrogen-bond donors (Lipinski definition) is 0. The minimum Gasteiger partial charge on any atom is -0.298 e. The van der Waals surface area contributed by atoms with Crippen LogP contribution in [0.2, 0.25) is 0 Å². The Bertz CT molecular complexity index is 258. The molecule has 0 amide bonds. The highest BCUT2D eigenvalue weighted by atomic mass is 16.1. The number of aldehydes is 1. The predicted molar refractivity (Wildman–Crippen MR) is 46.9 cm³/mol. The van der Waals surface area contributed by atoms with E-state index in [9.17, 15) is 4.79 Å². The van der Waals surface area contributed by atoms with E-state index in [-0.39, 0.29) is 0 Å². The van der Waals surface area contributed by atoms with Gasteiger partial charge in [-0.25, -0.2) is 4.57 Å². The van der Waals surface area contributed by atoms with Crippen molar-refractivity contribution in [2.24, 2.45) is 0 Å². The van der Waals surface area contributed by atoms with Crippen LogP contribution in [0, 0.1) is 0 Å². The van der Waals surface area contributed by atoms with E-state index in [4.69, 9.17) is 0 Å². The zero-order valence-electron chi connectivity index (χ0n) is 7.36. The molecule has 1 heterocycles. The minimum absolute atomic E-state index is 0.744. The Hall–Kier alpha value is -1.18. The van der Waals surface area contributed by atoms with Gasteiger partial charge in [0.15, 0.2) is 18.7 Å². The molecule has 0 saturated carbocycles. The number of aromatic nitrogens is 1. The first-order valence-electron chi connectivity index (χ1n) is 4.31. The van der Waals surface area contributed by atoms with Crippen LogP contribution in [0.3, 0.4) is 0 Å². The minimum atomic E-state index is 0.744. The number of carbonyl (C=O) groups is 1. The normalized spacial score (nSPS) is 9.75. The number of carbonyl (C=O) groups excluding carboxylic acids is 1. The van der Waals surface area contributed by atoms with Crippen LogP contribution >= 0.6 is 0 Å². The fourth-order valence-corrected chi connectivity index (χ4v) is 1.09. The SMILES string of the molecule is CCCC[n+]1cccc(C=O)c1. The molecule has 0 spiro atoms. The lowest BCUT2D eigenvalue weighted by Gasteiger charge is -1.94. The molecular formula is C10H14NO+. The van der Waals surface area contributed by atoms with E-state index in [1.807, 2.05) is 29.1 Å². The van der Waals surface area contributed by atoms with E-state index in [2.05, 4.69) is 6.92 Å². The Kier molecular flexibility index (Phi) is 3.45. The Morgan fingerprint density at radius 1 is 1.58 bits per heavy atom. The van der Waals surface area contributed by atoms with Crippen LogP contribution in [0.15, 0.2) is 24.5 Å². The Balaban J connectivity index is 2.66. The third kappa shape index (κ3) is 2.46. The highest BCUT2D eigenvalue weighted by molar-refractivity contribution is 5.73. The second kappa shape index (κ2) is 4.65. The summed E-state index contributed by atoms with van der Waals surface area (Å²) < 4.78 is 2.05. The zero-order valence-corrected chi connectivity index (χ0v) is 7.36. The maximum Gasteiger partial charge on any atom is 0.179 e. The number of nitrogens with zero attached hydrogens (tertiary/aromatic N) is 1. The van der Waals surface area contributed by atoms with Crippen LogP contribution in [0.1, 0.15) is 30.1 Å². The largest absolute Gasteiger partial charge is 0.298 e. The first-order valence-corrected chi connectivity index (χ1v) is 4.31. The highest BCUT2D eigenvalue weighted by Crippen LogP contribution is 1.90. The van der Waals surface area contributed by atoms with Gasteiger partial charge in [-0.05, 0) is 6.07 Å². The number of hydrogen-bond acceptors (Lipinski definition) is 1. The quantitative estimate of drug-likeness (QED) is 0.489. The molecule has 0 aliphatic heterocycles. The van der Waals surface area contributed by atoms with Crippen LogP contribution in [0.25, 0.3) is 0 Å². The van der Waals surface area contributed by atoms with Gasteiger partial charge in [0, 0.05) is 12.5 Å². The molecule has 0 unspecified atom stereocenters. The van der Waals surface area contributed by atoms with E-state index >= 15 is 0 Å². The molecule has 0 atom stereocenters. The number of pyridine rings is 1. The third-order valence-electron chi connectivity index (χ3n) is 1.79. The van der Waals surface area contributed by atoms with Gasteiger partial charge < -0.3 is 0 Å². The van der Waals surface area contributed by atoms with Crippen molar-refractivity contribution in [1.82, 2.24) is 0 Å². The summed E-state index contributed by atoms with van der Waals surface area (Å²) in [4.78, 5) is 10.4. The van der Waals surface area contributed by atoms with Crippen molar-refractivity contribution in [3.63, 3.8) is 0 Å². The smallest absolute Gasteiger partial charge is 0.179 e. The fraction of sp³-hybridized carbons (Fsp3) is 0.400. The van der Waals surface area contributed by atoms with E-state index < -0.39 is 0 Å². The summed E-state index contributed by atoms with van der Waals surface area (Å²) in [6.45, 7) is 3.16. The van der Waals surface area contributed by atoms with E-state index in [0.29, 0.717) is 0 Å². The van der Waals surface area contributed by atoms with E-state index in [1.165, 1.54) is 6.42 Å². The van der Waals surface area contributed by atoms with Gasteiger partial charge in [-0.1, -0.05) is 13.3 Å². The molecule has 64 valence electrons. The van der Waals surface area contributed by atoms with Crippen molar-refractivity contribution in [2.75, 3.05) is 0 Å². The maximum atomic E-state index is 10.4. The van der Waals surface area contributed by atoms with Gasteiger partial charge in [-0.3, -0.25) is 4.79 Å². The molecule has 0 saturated heterocycles. The summed E-state index contributed by atoms with van der Waals surface area (Å²) >= 11 is 0. The lowest BCUT2D eigenvalue weighted by Crippen LogP contribution is -2.33. The third-order valence-corrected chi connectivity index (χ3v) is 1.79. The summed E-state index contributed by atoms with van der Waals surface area (Å²) in [5.41, 5.74) is 0.744. The molecule has 12 heavy (non-hydrogen) atoms. The van der Waals surface area contributed by atoms with Crippen molar-refractivity contribution in [3.05, 3.63) is 30.1 Å². The van der Waals surface area contributed by atoms with Crippen LogP contribution in [0.4, 0.5) is 0 Å². The molecule has 0 aliphatic rings. The monoisotopic (exact) mass is 164 g/mol. The van der Waals surface area contributed by atoms with Crippen LogP contribution in [-0.4, -0.2) is 6.29 Å². The van der Waals surface area contributed by atoms with Crippen LogP contribution in [-0.2, 0) is 6.54 Å². The first kappa shape index (κ1) is 8.91. The van der Waals surface area contributed by atoms with Gasteiger partial charge in [0.25, 0.3) is 0 Å². The Morgan fingerprint density at radius 2 is 2.42 bits per heavy atom. The van der Waals surface area contributed by atoms with Gasteiger partial charge in [0.05, 0.1) is 5.56 Å². The topological polar surface area (TPSA) is 20.9 Å². The van der Waals surface area contributed by atoms with Gasteiger partial charge in [0.1, 0.15) is 6.54 Å². The van der Waals surface area contributed by atoms with Gasteiger partial charge in [-0.2, -0.15) is 0 Å². The standard InChI is InChI=1S/C10H14NO/c1-2-3-6-11-7-4-5-10(8-11)9-12/h4-5,7-9H,2-3,6H2,1H3/q+1. The molecule has 0 aliphatic carbocycles. The van der Waals surface area contributed by atoms with E-state index in [1.54, 1.807) is 0 Å². The summed E-state index contributed by atoms with van der Waals surface area (Å²) in [5, 5.41) is 0. The average Bonchev–Trinajstić information content (AvgIpc) is 2.15. The van der Waals surface area contributed by atoms with Crippen molar-refractivity contribution < 1.29 is 9.36 Å². The van der Waals surface area contributed by atoms with Gasteiger partial charge in [0.2, 0.25) is 0 Å². The molecule has 0 N–H and O–H groups in total. The van der Waals surface area contributed by atoms with Gasteiger partial charge >= 0.3 is 0 Å². The molecule has 0 bridgehead atoms. The molecule has 0 aromatic carbocycles. The molecule has 1 aromatic heterocycles. The molecule has 0 fully saturated rings. The summed E-state index contributed by atoms with van der Waals surface area (Å²) in [5.74, 6) is 0. The zero-order chi connectivity index (χ0) is 8.81. The second-order valence-corrected chi connectivity index (χ2v) is 2.85. The second-order valence-electron chi connectivity index (χ2n) is 2.85. The van der Waals surface area contributed by atoms with Gasteiger partial charge in [-0.15, -0.1) is 0 Å². The van der Waals surface area contributed by atoms with Crippen molar-refractivity contribution in [3.8, 4) is 0 Å². The molecule has 2 nitrogen and oxygen atoms in total. The number of unbranched alkanes of at least 4 members (excludes halogenated alkanes) is 1. The summed E-state index contributed by atoms with van der Waals surface area (Å²) in [7, 11) is 0. The molecular weight excluding hydrogens is 150 g/mol. The fourth-order valence-electron chi connectivity index (χ4n) is 1.09. The lowest BCUT2D eigenvalue weighted by molar-refractivity contribution is -0.697. The number of rotatable bonds is 4. The van der Waals surface area contributed by atoms with Crippen molar-refractivity contribution in [1.29, 1.82) is 0 Å². The number of aryl methyl sites for hydroxylation is 1. The molecule has 1 rings (SSSR count). The first-order chi connectivity index (χ1) is 5.86. The van der Waals surface area contributed by atoms with Crippen molar-refractivity contribution >= 4 is 6.29 Å². The lowest BCUT2D eigenvalue weighted by atomic mass is 10.3. The predicted octanol–water partition coefficient (Wildman–Crippen LogP) is 1.59. The average molecular weight is 164 g/mol. The molecule has 0 radical (unpaired) electrons. The van der Waals surface area contributed by atoms with Crippen LogP contribution < -0.4 is 4.57 Å². The Labute approximate surface area is 72.8 Å². The highest BCUT2D eigenvalue weighted by Gasteiger charge is 1.99. The summed E-state index contributed by atoms with van der Waals surface area (Å²) in [6, 6.07) is 3.72.